The molecule has 39 heavy (non-hydrogen) atoms. The molecule has 2 unspecified atom stereocenters. The van der Waals surface area contributed by atoms with Crippen molar-refractivity contribution in [3.05, 3.63) is 6.33 Å². The number of rotatable bonds is 10. The van der Waals surface area contributed by atoms with Gasteiger partial charge in [-0.3, -0.25) is 10.1 Å². The van der Waals surface area contributed by atoms with E-state index in [2.05, 4.69) is 53.6 Å². The van der Waals surface area contributed by atoms with Crippen LogP contribution in [0.3, 0.4) is 0 Å². The molecule has 9 nitrogen and oxygen atoms in total. The van der Waals surface area contributed by atoms with Gasteiger partial charge in [0, 0.05) is 36.8 Å². The van der Waals surface area contributed by atoms with Crippen molar-refractivity contribution in [3.63, 3.8) is 0 Å². The molecule has 4 rings (SSSR count). The van der Waals surface area contributed by atoms with Crippen LogP contribution in [0.5, 0.6) is 0 Å². The number of hydrogen-bond acceptors (Lipinski definition) is 8. The van der Waals surface area contributed by atoms with Gasteiger partial charge < -0.3 is 21.3 Å². The van der Waals surface area contributed by atoms with Crippen LogP contribution in [0.15, 0.2) is 6.33 Å². The van der Waals surface area contributed by atoms with Crippen LogP contribution in [0.4, 0.5) is 11.9 Å². The summed E-state index contributed by atoms with van der Waals surface area (Å²) >= 11 is 0. The normalized spacial score (nSPS) is 30.4. The maximum atomic E-state index is 13.2. The zero-order valence-corrected chi connectivity index (χ0v) is 25.3. The van der Waals surface area contributed by atoms with Gasteiger partial charge in [-0.05, 0) is 103 Å². The Labute approximate surface area is 236 Å². The van der Waals surface area contributed by atoms with Gasteiger partial charge in [0.1, 0.15) is 6.33 Å². The summed E-state index contributed by atoms with van der Waals surface area (Å²) in [6.45, 7) is 14.0. The smallest absolute Gasteiger partial charge is 0.242 e. The van der Waals surface area contributed by atoms with Crippen LogP contribution in [-0.4, -0.2) is 68.1 Å². The molecule has 0 spiro atoms. The Hall–Kier alpha value is -2.00. The summed E-state index contributed by atoms with van der Waals surface area (Å²) in [6.07, 6.45) is 13.9. The number of anilines is 2. The molecule has 2 heterocycles. The van der Waals surface area contributed by atoms with Gasteiger partial charge in [0.25, 0.3) is 0 Å². The van der Waals surface area contributed by atoms with Gasteiger partial charge in [0.2, 0.25) is 17.8 Å². The SMILES string of the molecule is CCC(C)C(CN1CC(C)(C)NC(C)(C)C1=O)Nc1ncnc(NC2CCC(CC3CCC(N)CC3)CC2)n1. The lowest BCUT2D eigenvalue weighted by atomic mass is 9.76. The Bertz CT molecular complexity index is 937. The summed E-state index contributed by atoms with van der Waals surface area (Å²) in [7, 11) is 0. The highest BCUT2D eigenvalue weighted by Crippen LogP contribution is 2.35. The van der Waals surface area contributed by atoms with E-state index in [0.29, 0.717) is 43.0 Å². The van der Waals surface area contributed by atoms with Crippen LogP contribution in [0.25, 0.3) is 0 Å². The predicted molar refractivity (Wildman–Crippen MR) is 158 cm³/mol. The lowest BCUT2D eigenvalue weighted by Gasteiger charge is -2.48. The second-order valence-electron chi connectivity index (χ2n) is 14.0. The van der Waals surface area contributed by atoms with Crippen molar-refractivity contribution in [3.8, 4) is 0 Å². The van der Waals surface area contributed by atoms with Gasteiger partial charge in [0.05, 0.1) is 5.54 Å². The molecule has 0 radical (unpaired) electrons. The molecule has 220 valence electrons. The lowest BCUT2D eigenvalue weighted by Crippen LogP contribution is -2.70. The minimum atomic E-state index is -0.588. The first kappa shape index (κ1) is 30.0. The summed E-state index contributed by atoms with van der Waals surface area (Å²) in [6, 6.07) is 0.887. The molecule has 0 aromatic carbocycles. The lowest BCUT2D eigenvalue weighted by molar-refractivity contribution is -0.143. The Morgan fingerprint density at radius 2 is 1.64 bits per heavy atom. The van der Waals surface area contributed by atoms with Gasteiger partial charge >= 0.3 is 0 Å². The van der Waals surface area contributed by atoms with E-state index in [1.807, 2.05) is 18.7 Å². The number of nitrogens with one attached hydrogen (secondary N) is 3. The number of carbonyl (C=O) groups is 1. The molecule has 2 saturated carbocycles. The van der Waals surface area contributed by atoms with Crippen LogP contribution < -0.4 is 21.7 Å². The maximum absolute atomic E-state index is 13.2. The first-order valence-electron chi connectivity index (χ1n) is 15.5. The number of nitrogens with zero attached hydrogens (tertiary/aromatic N) is 4. The fourth-order valence-electron chi connectivity index (χ4n) is 7.14. The second-order valence-corrected chi connectivity index (χ2v) is 14.0. The van der Waals surface area contributed by atoms with E-state index in [0.717, 1.165) is 31.1 Å². The topological polar surface area (TPSA) is 121 Å². The van der Waals surface area contributed by atoms with E-state index in [4.69, 9.17) is 10.7 Å². The first-order valence-corrected chi connectivity index (χ1v) is 15.5. The summed E-state index contributed by atoms with van der Waals surface area (Å²) in [5.41, 5.74) is 5.36. The summed E-state index contributed by atoms with van der Waals surface area (Å²) in [5, 5.41) is 10.6. The van der Waals surface area contributed by atoms with Crippen LogP contribution in [0, 0.1) is 17.8 Å². The van der Waals surface area contributed by atoms with Crippen LogP contribution in [0.1, 0.15) is 106 Å². The summed E-state index contributed by atoms with van der Waals surface area (Å²) in [4.78, 5) is 28.9. The van der Waals surface area contributed by atoms with E-state index >= 15 is 0 Å². The van der Waals surface area contributed by atoms with Gasteiger partial charge in [-0.15, -0.1) is 0 Å². The van der Waals surface area contributed by atoms with Gasteiger partial charge in [-0.25, -0.2) is 9.97 Å². The first-order chi connectivity index (χ1) is 18.4. The van der Waals surface area contributed by atoms with Crippen LogP contribution in [-0.2, 0) is 4.79 Å². The van der Waals surface area contributed by atoms with Crippen molar-refractivity contribution in [2.24, 2.45) is 23.5 Å². The van der Waals surface area contributed by atoms with Gasteiger partial charge in [-0.1, -0.05) is 20.3 Å². The Morgan fingerprint density at radius 3 is 2.28 bits per heavy atom. The van der Waals surface area contributed by atoms with Gasteiger partial charge in [-0.2, -0.15) is 4.98 Å². The third-order valence-corrected chi connectivity index (χ3v) is 9.43. The number of piperazine rings is 1. The highest BCUT2D eigenvalue weighted by atomic mass is 16.2. The zero-order chi connectivity index (χ0) is 28.2. The number of amides is 1. The highest BCUT2D eigenvalue weighted by molar-refractivity contribution is 5.86. The molecule has 1 aliphatic heterocycles. The fourth-order valence-corrected chi connectivity index (χ4v) is 7.14. The molecule has 1 saturated heterocycles. The predicted octanol–water partition coefficient (Wildman–Crippen LogP) is 4.57. The molecule has 3 fully saturated rings. The van der Waals surface area contributed by atoms with Crippen molar-refractivity contribution in [1.82, 2.24) is 25.2 Å². The Balaban J connectivity index is 1.32. The third kappa shape index (κ3) is 8.26. The second kappa shape index (κ2) is 12.7. The van der Waals surface area contributed by atoms with Crippen LogP contribution >= 0.6 is 0 Å². The zero-order valence-electron chi connectivity index (χ0n) is 25.3. The monoisotopic (exact) mass is 542 g/mol. The molecular formula is C30H54N8O. The Kier molecular flexibility index (Phi) is 9.74. The van der Waals surface area contributed by atoms with Crippen molar-refractivity contribution < 1.29 is 4.79 Å². The van der Waals surface area contributed by atoms with E-state index in [-0.39, 0.29) is 17.5 Å². The van der Waals surface area contributed by atoms with Crippen molar-refractivity contribution >= 4 is 17.8 Å². The summed E-state index contributed by atoms with van der Waals surface area (Å²) < 4.78 is 0. The Morgan fingerprint density at radius 1 is 1.03 bits per heavy atom. The number of aromatic nitrogens is 3. The van der Waals surface area contributed by atoms with E-state index in [1.165, 1.54) is 44.9 Å². The molecule has 2 atom stereocenters. The van der Waals surface area contributed by atoms with Crippen molar-refractivity contribution in [1.29, 1.82) is 0 Å². The van der Waals surface area contributed by atoms with E-state index in [1.54, 1.807) is 6.33 Å². The summed E-state index contributed by atoms with van der Waals surface area (Å²) in [5.74, 6) is 3.42. The van der Waals surface area contributed by atoms with Crippen molar-refractivity contribution in [2.75, 3.05) is 23.7 Å². The molecular weight excluding hydrogens is 488 g/mol. The molecule has 9 heteroatoms. The van der Waals surface area contributed by atoms with E-state index in [9.17, 15) is 4.79 Å². The number of nitrogens with two attached hydrogens (primary N) is 1. The average Bonchev–Trinajstić information content (AvgIpc) is 2.88. The molecule has 2 aliphatic carbocycles. The minimum absolute atomic E-state index is 0.0451. The standard InChI is InChI=1S/C30H54N8O/c1-7-20(2)25(17-38-18-29(3,4)37-30(5,6)26(38)39)35-28-33-19-32-27(36-28)34-24-14-10-22(11-15-24)16-21-8-12-23(31)13-9-21/h19-25,37H,7-18,31H2,1-6H3,(H2,32,33,34,35,36). The molecule has 1 aromatic rings. The third-order valence-electron chi connectivity index (χ3n) is 9.43. The van der Waals surface area contributed by atoms with Crippen molar-refractivity contribution in [2.45, 2.75) is 135 Å². The molecule has 0 bridgehead atoms. The number of carbonyl (C=O) groups excluding carboxylic acids is 1. The molecule has 1 amide bonds. The minimum Gasteiger partial charge on any atom is -0.351 e. The van der Waals surface area contributed by atoms with Crippen LogP contribution in [0.2, 0.25) is 0 Å². The fraction of sp³-hybridized carbons (Fsp3) is 0.867. The largest absolute Gasteiger partial charge is 0.351 e. The maximum Gasteiger partial charge on any atom is 0.242 e. The molecule has 3 aliphatic rings. The quantitative estimate of drug-likeness (QED) is 0.339. The van der Waals surface area contributed by atoms with E-state index < -0.39 is 5.54 Å². The number of hydrogen-bond donors (Lipinski definition) is 4. The molecule has 5 N–H and O–H groups in total. The van der Waals surface area contributed by atoms with Gasteiger partial charge in [0.15, 0.2) is 0 Å². The average molecular weight is 543 g/mol. The highest BCUT2D eigenvalue weighted by Gasteiger charge is 2.44. The molecule has 1 aromatic heterocycles.